The summed E-state index contributed by atoms with van der Waals surface area (Å²) in [5.41, 5.74) is 2.99. The number of halogens is 3. The van der Waals surface area contributed by atoms with Gasteiger partial charge in [0.2, 0.25) is 0 Å². The number of nitrogens with zero attached hydrogens (tertiary/aromatic N) is 5. The van der Waals surface area contributed by atoms with Crippen LogP contribution < -0.4 is 4.74 Å². The highest BCUT2D eigenvalue weighted by Crippen LogP contribution is 2.41. The van der Waals surface area contributed by atoms with Crippen LogP contribution >= 0.6 is 0 Å². The topological polar surface area (TPSA) is 67.0 Å². The second kappa shape index (κ2) is 8.67. The van der Waals surface area contributed by atoms with Crippen LogP contribution in [-0.4, -0.2) is 43.9 Å². The van der Waals surface area contributed by atoms with Gasteiger partial charge in [0.25, 0.3) is 0 Å². The fourth-order valence-electron chi connectivity index (χ4n) is 4.54. The molecule has 182 valence electrons. The van der Waals surface area contributed by atoms with E-state index in [1.54, 1.807) is 6.20 Å². The number of alkyl halides is 3. The summed E-state index contributed by atoms with van der Waals surface area (Å²) in [5.74, 6) is 1.72. The molecule has 4 heterocycles. The maximum atomic E-state index is 12.7. The van der Waals surface area contributed by atoms with Gasteiger partial charge in [-0.2, -0.15) is 23.4 Å². The van der Waals surface area contributed by atoms with Gasteiger partial charge < -0.3 is 9.47 Å². The molecule has 3 aromatic heterocycles. The summed E-state index contributed by atoms with van der Waals surface area (Å²) in [6.45, 7) is 0.322. The Bertz CT molecular complexity index is 1350. The van der Waals surface area contributed by atoms with Crippen molar-refractivity contribution in [3.63, 3.8) is 0 Å². The first-order valence-electron chi connectivity index (χ1n) is 11.8. The molecule has 35 heavy (non-hydrogen) atoms. The average molecular weight is 483 g/mol. The van der Waals surface area contributed by atoms with Crippen molar-refractivity contribution >= 4 is 10.9 Å². The molecule has 0 atom stereocenters. The highest BCUT2D eigenvalue weighted by atomic mass is 19.4. The number of ether oxygens (including phenoxy) is 2. The van der Waals surface area contributed by atoms with E-state index in [2.05, 4.69) is 10.1 Å². The van der Waals surface area contributed by atoms with Gasteiger partial charge in [-0.15, -0.1) is 0 Å². The lowest BCUT2D eigenvalue weighted by Crippen LogP contribution is -2.17. The molecular formula is C25H24F3N5O2. The number of fused-ring (bicyclic) bond motifs is 1. The van der Waals surface area contributed by atoms with Crippen molar-refractivity contribution < 1.29 is 22.6 Å². The average Bonchev–Trinajstić information content (AvgIpc) is 3.45. The fraction of sp³-hybridized carbons (Fsp3) is 0.400. The van der Waals surface area contributed by atoms with E-state index < -0.39 is 12.7 Å². The van der Waals surface area contributed by atoms with E-state index in [4.69, 9.17) is 14.6 Å². The zero-order valence-electron chi connectivity index (χ0n) is 18.9. The lowest BCUT2D eigenvalue weighted by molar-refractivity contribution is -0.142. The number of hydrogen-bond donors (Lipinski definition) is 0. The minimum Gasteiger partial charge on any atom is -0.453 e. The summed E-state index contributed by atoms with van der Waals surface area (Å²) >= 11 is 0. The maximum Gasteiger partial charge on any atom is 0.408 e. The molecular weight excluding hydrogens is 459 g/mol. The summed E-state index contributed by atoms with van der Waals surface area (Å²) in [6.07, 6.45) is 6.27. The second-order valence-corrected chi connectivity index (χ2v) is 9.16. The molecule has 2 aliphatic rings. The van der Waals surface area contributed by atoms with Crippen LogP contribution in [0.5, 0.6) is 11.5 Å². The Labute approximate surface area is 199 Å². The van der Waals surface area contributed by atoms with Gasteiger partial charge in [0, 0.05) is 42.5 Å². The van der Waals surface area contributed by atoms with Gasteiger partial charge >= 0.3 is 6.18 Å². The molecule has 0 amide bonds. The number of rotatable bonds is 6. The van der Waals surface area contributed by atoms with Crippen LogP contribution in [-0.2, 0) is 11.3 Å². The van der Waals surface area contributed by atoms with E-state index in [0.717, 1.165) is 66.0 Å². The van der Waals surface area contributed by atoms with Gasteiger partial charge in [-0.1, -0.05) is 6.07 Å². The molecule has 6 rings (SSSR count). The predicted octanol–water partition coefficient (Wildman–Crippen LogP) is 5.88. The number of hydrogen-bond acceptors (Lipinski definition) is 5. The third-order valence-corrected chi connectivity index (χ3v) is 6.48. The van der Waals surface area contributed by atoms with E-state index in [9.17, 15) is 13.2 Å². The van der Waals surface area contributed by atoms with E-state index in [1.807, 2.05) is 35.1 Å². The Morgan fingerprint density at radius 3 is 2.60 bits per heavy atom. The van der Waals surface area contributed by atoms with Crippen molar-refractivity contribution in [3.8, 4) is 22.6 Å². The quantitative estimate of drug-likeness (QED) is 0.343. The molecule has 2 fully saturated rings. The maximum absolute atomic E-state index is 12.7. The minimum atomic E-state index is -4.32. The summed E-state index contributed by atoms with van der Waals surface area (Å²) in [7, 11) is 0. The first-order chi connectivity index (χ1) is 16.9. The largest absolute Gasteiger partial charge is 0.453 e. The number of aromatic nitrogens is 5. The number of benzene rings is 1. The molecule has 0 N–H and O–H groups in total. The highest BCUT2D eigenvalue weighted by molar-refractivity contribution is 5.89. The van der Waals surface area contributed by atoms with Crippen LogP contribution in [0.4, 0.5) is 13.2 Å². The van der Waals surface area contributed by atoms with Crippen LogP contribution in [0.3, 0.4) is 0 Å². The minimum absolute atomic E-state index is 0.298. The Balaban J connectivity index is 1.30. The Morgan fingerprint density at radius 1 is 1.00 bits per heavy atom. The van der Waals surface area contributed by atoms with Crippen molar-refractivity contribution in [2.24, 2.45) is 0 Å². The summed E-state index contributed by atoms with van der Waals surface area (Å²) in [5, 5.41) is 9.54. The molecule has 4 aromatic rings. The molecule has 0 bridgehead atoms. The lowest BCUT2D eigenvalue weighted by Gasteiger charge is -2.21. The monoisotopic (exact) mass is 483 g/mol. The zero-order chi connectivity index (χ0) is 24.0. The van der Waals surface area contributed by atoms with Crippen molar-refractivity contribution in [2.75, 3.05) is 13.2 Å². The molecule has 1 saturated heterocycles. The molecule has 10 heteroatoms. The molecule has 0 spiro atoms. The van der Waals surface area contributed by atoms with Crippen molar-refractivity contribution in [2.45, 2.75) is 50.4 Å². The second-order valence-electron chi connectivity index (χ2n) is 9.16. The molecule has 1 saturated carbocycles. The Morgan fingerprint density at radius 2 is 1.83 bits per heavy atom. The fourth-order valence-corrected chi connectivity index (χ4v) is 4.54. The van der Waals surface area contributed by atoms with Crippen molar-refractivity contribution in [3.05, 3.63) is 54.7 Å². The standard InChI is InChI=1S/C25H24F3N5O2/c26-25(27,28)15-32-13-18(12-30-32)17-1-4-20-21(11-17)29-8-5-22(20)35-23-14-33(19-2-3-19)31-24(23)16-6-9-34-10-7-16/h1,4-5,8,11-14,16,19H,2-3,6-7,9-10,15H2. The lowest BCUT2D eigenvalue weighted by atomic mass is 9.96. The molecule has 1 aliphatic heterocycles. The first kappa shape index (κ1) is 22.1. The Hall–Kier alpha value is -3.40. The van der Waals surface area contributed by atoms with E-state index in [1.165, 1.54) is 12.4 Å². The van der Waals surface area contributed by atoms with E-state index in [-0.39, 0.29) is 0 Å². The molecule has 1 aliphatic carbocycles. The first-order valence-corrected chi connectivity index (χ1v) is 11.8. The van der Waals surface area contributed by atoms with Crippen LogP contribution in [0.1, 0.15) is 43.3 Å². The Kier molecular flexibility index (Phi) is 5.47. The zero-order valence-corrected chi connectivity index (χ0v) is 18.9. The van der Waals surface area contributed by atoms with Crippen LogP contribution in [0.25, 0.3) is 22.0 Å². The smallest absolute Gasteiger partial charge is 0.408 e. The van der Waals surface area contributed by atoms with Crippen molar-refractivity contribution in [1.82, 2.24) is 24.5 Å². The third kappa shape index (κ3) is 4.75. The van der Waals surface area contributed by atoms with Gasteiger partial charge in [0.05, 0.1) is 24.0 Å². The number of pyridine rings is 1. The van der Waals surface area contributed by atoms with Gasteiger partial charge in [-0.25, -0.2) is 0 Å². The summed E-state index contributed by atoms with van der Waals surface area (Å²) in [6, 6.07) is 7.84. The third-order valence-electron chi connectivity index (χ3n) is 6.48. The summed E-state index contributed by atoms with van der Waals surface area (Å²) < 4.78 is 52.9. The van der Waals surface area contributed by atoms with Crippen LogP contribution in [0, 0.1) is 0 Å². The SMILES string of the molecule is FC(F)(F)Cn1cc(-c2ccc3c(Oc4cn(C5CC5)nc4C4CCOCC4)ccnc3c2)cn1. The van der Waals surface area contributed by atoms with Crippen LogP contribution in [0.15, 0.2) is 49.1 Å². The van der Waals surface area contributed by atoms with Gasteiger partial charge in [0.1, 0.15) is 18.0 Å². The predicted molar refractivity (Wildman–Crippen MR) is 122 cm³/mol. The summed E-state index contributed by atoms with van der Waals surface area (Å²) in [4.78, 5) is 4.47. The van der Waals surface area contributed by atoms with Crippen LogP contribution in [0.2, 0.25) is 0 Å². The molecule has 0 radical (unpaired) electrons. The van der Waals surface area contributed by atoms with Gasteiger partial charge in [0.15, 0.2) is 5.75 Å². The van der Waals surface area contributed by atoms with E-state index >= 15 is 0 Å². The van der Waals surface area contributed by atoms with E-state index in [0.29, 0.717) is 28.8 Å². The van der Waals surface area contributed by atoms with Crippen molar-refractivity contribution in [1.29, 1.82) is 0 Å². The molecule has 0 unspecified atom stereocenters. The molecule has 1 aromatic carbocycles. The van der Waals surface area contributed by atoms with Gasteiger partial charge in [-0.3, -0.25) is 14.3 Å². The van der Waals surface area contributed by atoms with Gasteiger partial charge in [-0.05, 0) is 49.4 Å². The normalized spacial score (nSPS) is 17.2. The highest BCUT2D eigenvalue weighted by Gasteiger charge is 2.30. The molecule has 7 nitrogen and oxygen atoms in total.